The second kappa shape index (κ2) is 5.96. The number of likely N-dealkylation sites (N-methyl/N-ethyl adjacent to an activating group) is 1. The van der Waals surface area contributed by atoms with Crippen LogP contribution in [0.4, 0.5) is 0 Å². The molecule has 0 spiro atoms. The van der Waals surface area contributed by atoms with Gasteiger partial charge in [0.2, 0.25) is 5.91 Å². The summed E-state index contributed by atoms with van der Waals surface area (Å²) in [5.41, 5.74) is 2.41. The number of aromatic nitrogens is 1. The predicted octanol–water partition coefficient (Wildman–Crippen LogP) is 0.838. The quantitative estimate of drug-likeness (QED) is 0.843. The zero-order valence-corrected chi connectivity index (χ0v) is 13.0. The molecule has 1 aliphatic rings. The molecule has 0 radical (unpaired) electrons. The van der Waals surface area contributed by atoms with E-state index in [4.69, 9.17) is 4.42 Å². The number of benzene rings is 1. The van der Waals surface area contributed by atoms with Crippen molar-refractivity contribution in [2.45, 2.75) is 12.8 Å². The van der Waals surface area contributed by atoms with Crippen molar-refractivity contribution in [1.29, 1.82) is 0 Å². The number of oxazole rings is 1. The van der Waals surface area contributed by atoms with Crippen LogP contribution in [-0.2, 0) is 18.3 Å². The number of amides is 1. The Morgan fingerprint density at radius 2 is 1.91 bits per heavy atom. The molecule has 6 nitrogen and oxygen atoms in total. The lowest BCUT2D eigenvalue weighted by molar-refractivity contribution is -0.132. The smallest absolute Gasteiger partial charge is 0.408 e. The highest BCUT2D eigenvalue weighted by Gasteiger charge is 2.18. The maximum Gasteiger partial charge on any atom is 0.419 e. The van der Waals surface area contributed by atoms with Gasteiger partial charge in [0.25, 0.3) is 0 Å². The topological polar surface area (TPSA) is 58.7 Å². The molecule has 0 N–H and O–H groups in total. The van der Waals surface area contributed by atoms with E-state index >= 15 is 0 Å². The summed E-state index contributed by atoms with van der Waals surface area (Å²) < 4.78 is 6.60. The molecule has 3 rings (SSSR count). The average Bonchev–Trinajstić information content (AvgIpc) is 2.80. The van der Waals surface area contributed by atoms with Crippen molar-refractivity contribution in [3.63, 3.8) is 0 Å². The van der Waals surface area contributed by atoms with Crippen LogP contribution < -0.4 is 5.76 Å². The SMILES string of the molecule is CN1CCN(C(=O)CCc2ccc3oc(=O)n(C)c3c2)CC1. The molecule has 1 saturated heterocycles. The number of hydrogen-bond donors (Lipinski definition) is 0. The van der Waals surface area contributed by atoms with E-state index in [-0.39, 0.29) is 11.7 Å². The average molecular weight is 303 g/mol. The molecule has 0 unspecified atom stereocenters. The lowest BCUT2D eigenvalue weighted by Crippen LogP contribution is -2.47. The lowest BCUT2D eigenvalue weighted by Gasteiger charge is -2.32. The van der Waals surface area contributed by atoms with Gasteiger partial charge >= 0.3 is 5.76 Å². The van der Waals surface area contributed by atoms with Crippen molar-refractivity contribution in [2.75, 3.05) is 33.2 Å². The van der Waals surface area contributed by atoms with Crippen LogP contribution in [0.25, 0.3) is 11.1 Å². The standard InChI is InChI=1S/C16H21N3O3/c1-17-7-9-19(10-8-17)15(20)6-4-12-3-5-14-13(11-12)18(2)16(21)22-14/h3,5,11H,4,6-10H2,1-2H3. The monoisotopic (exact) mass is 303 g/mol. The molecule has 6 heteroatoms. The molecular weight excluding hydrogens is 282 g/mol. The highest BCUT2D eigenvalue weighted by Crippen LogP contribution is 2.16. The molecule has 1 aromatic heterocycles. The van der Waals surface area contributed by atoms with Crippen LogP contribution in [-0.4, -0.2) is 53.5 Å². The molecule has 0 atom stereocenters. The summed E-state index contributed by atoms with van der Waals surface area (Å²) in [6.45, 7) is 3.50. The molecule has 2 aromatic rings. The number of piperazine rings is 1. The minimum atomic E-state index is -0.360. The first-order chi connectivity index (χ1) is 10.5. The summed E-state index contributed by atoms with van der Waals surface area (Å²) in [6.07, 6.45) is 1.18. The van der Waals surface area contributed by atoms with Crippen LogP contribution in [0.3, 0.4) is 0 Å². The fraction of sp³-hybridized carbons (Fsp3) is 0.500. The summed E-state index contributed by atoms with van der Waals surface area (Å²) in [5.74, 6) is -0.157. The number of carbonyl (C=O) groups excluding carboxylic acids is 1. The second-order valence-corrected chi connectivity index (χ2v) is 5.91. The number of fused-ring (bicyclic) bond motifs is 1. The highest BCUT2D eigenvalue weighted by atomic mass is 16.4. The van der Waals surface area contributed by atoms with Gasteiger partial charge in [0.05, 0.1) is 5.52 Å². The third-order valence-corrected chi connectivity index (χ3v) is 4.34. The van der Waals surface area contributed by atoms with Gasteiger partial charge in [-0.3, -0.25) is 9.36 Å². The molecule has 118 valence electrons. The first-order valence-corrected chi connectivity index (χ1v) is 7.59. The van der Waals surface area contributed by atoms with Crippen molar-refractivity contribution in [3.05, 3.63) is 34.3 Å². The Bertz CT molecular complexity index is 739. The van der Waals surface area contributed by atoms with Gasteiger partial charge in [0.1, 0.15) is 0 Å². The van der Waals surface area contributed by atoms with Crippen LogP contribution in [0.2, 0.25) is 0 Å². The third-order valence-electron chi connectivity index (χ3n) is 4.34. The fourth-order valence-electron chi connectivity index (χ4n) is 2.79. The van der Waals surface area contributed by atoms with Gasteiger partial charge in [-0.15, -0.1) is 0 Å². The molecular formula is C16H21N3O3. The zero-order valence-electron chi connectivity index (χ0n) is 13.0. The molecule has 1 amide bonds. The third kappa shape index (κ3) is 2.92. The van der Waals surface area contributed by atoms with Gasteiger partial charge in [-0.05, 0) is 31.2 Å². The summed E-state index contributed by atoms with van der Waals surface area (Å²) in [6, 6.07) is 5.65. The minimum Gasteiger partial charge on any atom is -0.408 e. The molecule has 0 bridgehead atoms. The van der Waals surface area contributed by atoms with Gasteiger partial charge in [-0.2, -0.15) is 0 Å². The highest BCUT2D eigenvalue weighted by molar-refractivity contribution is 5.77. The Hall–Kier alpha value is -2.08. The molecule has 1 fully saturated rings. The first kappa shape index (κ1) is 14.8. The Labute approximate surface area is 128 Å². The molecule has 0 aliphatic carbocycles. The van der Waals surface area contributed by atoms with Crippen molar-refractivity contribution < 1.29 is 9.21 Å². The second-order valence-electron chi connectivity index (χ2n) is 5.91. The summed E-state index contributed by atoms with van der Waals surface area (Å²) in [5, 5.41) is 0. The largest absolute Gasteiger partial charge is 0.419 e. The van der Waals surface area contributed by atoms with Gasteiger partial charge in [0, 0.05) is 39.6 Å². The Morgan fingerprint density at radius 1 is 1.18 bits per heavy atom. The van der Waals surface area contributed by atoms with Gasteiger partial charge in [0.15, 0.2) is 5.58 Å². The van der Waals surface area contributed by atoms with Crippen molar-refractivity contribution in [3.8, 4) is 0 Å². The number of carbonyl (C=O) groups is 1. The summed E-state index contributed by atoms with van der Waals surface area (Å²) in [7, 11) is 3.76. The van der Waals surface area contributed by atoms with E-state index < -0.39 is 0 Å². The maximum absolute atomic E-state index is 12.2. The van der Waals surface area contributed by atoms with Crippen LogP contribution in [0.1, 0.15) is 12.0 Å². The van der Waals surface area contributed by atoms with E-state index in [9.17, 15) is 9.59 Å². The summed E-state index contributed by atoms with van der Waals surface area (Å²) in [4.78, 5) is 27.9. The fourth-order valence-corrected chi connectivity index (χ4v) is 2.79. The Kier molecular flexibility index (Phi) is 4.02. The van der Waals surface area contributed by atoms with E-state index in [2.05, 4.69) is 11.9 Å². The first-order valence-electron chi connectivity index (χ1n) is 7.59. The van der Waals surface area contributed by atoms with Gasteiger partial charge in [-0.25, -0.2) is 4.79 Å². The molecule has 1 aromatic carbocycles. The Morgan fingerprint density at radius 3 is 2.64 bits per heavy atom. The summed E-state index contributed by atoms with van der Waals surface area (Å²) >= 11 is 0. The maximum atomic E-state index is 12.2. The Balaban J connectivity index is 1.65. The van der Waals surface area contributed by atoms with E-state index in [0.717, 1.165) is 37.3 Å². The van der Waals surface area contributed by atoms with E-state index in [1.165, 1.54) is 4.57 Å². The van der Waals surface area contributed by atoms with E-state index in [1.807, 2.05) is 17.0 Å². The van der Waals surface area contributed by atoms with Crippen LogP contribution in [0.5, 0.6) is 0 Å². The molecule has 1 aliphatic heterocycles. The lowest BCUT2D eigenvalue weighted by atomic mass is 10.1. The molecule has 22 heavy (non-hydrogen) atoms. The van der Waals surface area contributed by atoms with Gasteiger partial charge < -0.3 is 14.2 Å². The number of hydrogen-bond acceptors (Lipinski definition) is 4. The van der Waals surface area contributed by atoms with Crippen LogP contribution in [0.15, 0.2) is 27.4 Å². The molecule has 2 heterocycles. The van der Waals surface area contributed by atoms with Crippen molar-refractivity contribution in [1.82, 2.24) is 14.4 Å². The predicted molar refractivity (Wildman–Crippen MR) is 83.9 cm³/mol. The van der Waals surface area contributed by atoms with Crippen LogP contribution in [0, 0.1) is 0 Å². The minimum absolute atomic E-state index is 0.203. The van der Waals surface area contributed by atoms with Crippen molar-refractivity contribution >= 4 is 17.0 Å². The number of aryl methyl sites for hydroxylation is 2. The van der Waals surface area contributed by atoms with E-state index in [1.54, 1.807) is 13.1 Å². The van der Waals surface area contributed by atoms with Gasteiger partial charge in [-0.1, -0.05) is 6.07 Å². The number of rotatable bonds is 3. The van der Waals surface area contributed by atoms with Crippen molar-refractivity contribution in [2.24, 2.45) is 7.05 Å². The molecule has 0 saturated carbocycles. The van der Waals surface area contributed by atoms with E-state index in [0.29, 0.717) is 18.4 Å². The normalized spacial score (nSPS) is 16.4. The zero-order chi connectivity index (χ0) is 15.7. The van der Waals surface area contributed by atoms with Crippen LogP contribution >= 0.6 is 0 Å². The number of nitrogens with zero attached hydrogens (tertiary/aromatic N) is 3.